The normalized spacial score (nSPS) is 11.1. The fourth-order valence-corrected chi connectivity index (χ4v) is 2.67. The summed E-state index contributed by atoms with van der Waals surface area (Å²) >= 11 is 5.96. The summed E-state index contributed by atoms with van der Waals surface area (Å²) in [4.78, 5) is 19.5. The van der Waals surface area contributed by atoms with Crippen LogP contribution < -0.4 is 10.9 Å². The molecule has 0 radical (unpaired) electrons. The minimum Gasteiger partial charge on any atom is -0.349 e. The van der Waals surface area contributed by atoms with Crippen LogP contribution in [0.4, 0.5) is 5.95 Å². The summed E-state index contributed by atoms with van der Waals surface area (Å²) in [5, 5.41) is 8.06. The number of rotatable bonds is 5. The van der Waals surface area contributed by atoms with Crippen LogP contribution in [0.2, 0.25) is 5.02 Å². The molecule has 0 saturated heterocycles. The Morgan fingerprint density at radius 3 is 2.91 bits per heavy atom. The third kappa shape index (κ3) is 3.37. The molecule has 0 fully saturated rings. The topological polar surface area (TPSA) is 75.1 Å². The van der Waals surface area contributed by atoms with Crippen molar-refractivity contribution in [3.8, 4) is 0 Å². The van der Waals surface area contributed by atoms with Crippen molar-refractivity contribution >= 4 is 23.3 Å². The van der Waals surface area contributed by atoms with Gasteiger partial charge in [0, 0.05) is 23.3 Å². The van der Waals surface area contributed by atoms with E-state index in [4.69, 9.17) is 11.6 Å². The summed E-state index contributed by atoms with van der Waals surface area (Å²) in [6, 6.07) is 7.29. The van der Waals surface area contributed by atoms with Gasteiger partial charge in [0.25, 0.3) is 5.56 Å². The molecule has 3 aromatic rings. The van der Waals surface area contributed by atoms with Gasteiger partial charge in [0.05, 0.1) is 0 Å². The lowest BCUT2D eigenvalue weighted by Crippen LogP contribution is -2.15. The minimum absolute atomic E-state index is 0.176. The summed E-state index contributed by atoms with van der Waals surface area (Å²) in [7, 11) is 0. The van der Waals surface area contributed by atoms with Gasteiger partial charge >= 0.3 is 0 Å². The minimum atomic E-state index is -0.176. The van der Waals surface area contributed by atoms with Crippen molar-refractivity contribution in [2.75, 3.05) is 5.32 Å². The molecule has 6 nitrogen and oxygen atoms in total. The number of nitrogens with one attached hydrogen (secondary N) is 2. The monoisotopic (exact) mass is 331 g/mol. The summed E-state index contributed by atoms with van der Waals surface area (Å²) in [6.07, 6.45) is 1.77. The van der Waals surface area contributed by atoms with Gasteiger partial charge in [-0.1, -0.05) is 31.0 Å². The molecule has 3 rings (SSSR count). The fraction of sp³-hybridized carbons (Fsp3) is 0.312. The highest BCUT2D eigenvalue weighted by Crippen LogP contribution is 2.16. The van der Waals surface area contributed by atoms with Gasteiger partial charge in [-0.05, 0) is 36.6 Å². The summed E-state index contributed by atoms with van der Waals surface area (Å²) in [6.45, 7) is 4.63. The van der Waals surface area contributed by atoms with Gasteiger partial charge in [0.15, 0.2) is 0 Å². The highest BCUT2D eigenvalue weighted by Gasteiger charge is 2.08. The smallest absolute Gasteiger partial charge is 0.275 e. The van der Waals surface area contributed by atoms with Crippen LogP contribution in [0.1, 0.15) is 30.2 Å². The Kier molecular flexibility index (Phi) is 4.34. The number of aromatic amines is 1. The molecule has 0 aliphatic carbocycles. The predicted octanol–water partition coefficient (Wildman–Crippen LogP) is 2.94. The Morgan fingerprint density at radius 2 is 2.17 bits per heavy atom. The van der Waals surface area contributed by atoms with E-state index in [9.17, 15) is 4.79 Å². The molecule has 0 amide bonds. The maximum absolute atomic E-state index is 12.1. The van der Waals surface area contributed by atoms with E-state index >= 15 is 0 Å². The zero-order valence-corrected chi connectivity index (χ0v) is 13.8. The van der Waals surface area contributed by atoms with Crippen LogP contribution in [0.25, 0.3) is 5.78 Å². The molecule has 2 aromatic heterocycles. The summed E-state index contributed by atoms with van der Waals surface area (Å²) < 4.78 is 1.27. The van der Waals surface area contributed by atoms with Crippen LogP contribution in [-0.4, -0.2) is 19.6 Å². The van der Waals surface area contributed by atoms with Gasteiger partial charge < -0.3 is 10.3 Å². The van der Waals surface area contributed by atoms with E-state index in [1.54, 1.807) is 6.07 Å². The van der Waals surface area contributed by atoms with Crippen molar-refractivity contribution < 1.29 is 0 Å². The van der Waals surface area contributed by atoms with Crippen LogP contribution in [0.15, 0.2) is 29.1 Å². The molecule has 0 bridgehead atoms. The van der Waals surface area contributed by atoms with E-state index in [1.807, 2.05) is 25.1 Å². The van der Waals surface area contributed by atoms with E-state index in [0.717, 1.165) is 29.7 Å². The zero-order chi connectivity index (χ0) is 16.4. The maximum Gasteiger partial charge on any atom is 0.275 e. The van der Waals surface area contributed by atoms with Crippen LogP contribution in [0.3, 0.4) is 0 Å². The summed E-state index contributed by atoms with van der Waals surface area (Å²) in [5.74, 6) is 0.873. The van der Waals surface area contributed by atoms with Crippen LogP contribution in [0.5, 0.6) is 0 Å². The predicted molar refractivity (Wildman–Crippen MR) is 91.1 cm³/mol. The average Bonchev–Trinajstić information content (AvgIpc) is 2.90. The second-order valence-electron chi connectivity index (χ2n) is 5.48. The number of halogens is 1. The van der Waals surface area contributed by atoms with Crippen molar-refractivity contribution in [3.63, 3.8) is 0 Å². The number of nitrogens with zero attached hydrogens (tertiary/aromatic N) is 3. The van der Waals surface area contributed by atoms with Gasteiger partial charge in [-0.25, -0.2) is 0 Å². The molecule has 0 aliphatic heterocycles. The lowest BCUT2D eigenvalue weighted by atomic mass is 10.1. The van der Waals surface area contributed by atoms with E-state index in [0.29, 0.717) is 23.3 Å². The standard InChI is InChI=1S/C16H18ClN5O/c1-3-4-13-8-14(23)22-16(19-13)20-15(21-22)18-9-11-5-6-12(17)7-10(11)2/h5-8H,3-4,9H2,1-2H3,(H2,18,19,20,21). The second kappa shape index (κ2) is 6.42. The van der Waals surface area contributed by atoms with Gasteiger partial charge in [-0.3, -0.25) is 4.79 Å². The molecule has 2 heterocycles. The number of aromatic nitrogens is 4. The lowest BCUT2D eigenvalue weighted by Gasteiger charge is -2.06. The first-order valence-electron chi connectivity index (χ1n) is 7.54. The molecule has 0 aliphatic rings. The molecular weight excluding hydrogens is 314 g/mol. The summed E-state index contributed by atoms with van der Waals surface area (Å²) in [5.41, 5.74) is 2.89. The molecule has 1 aromatic carbocycles. The number of H-pyrrole nitrogens is 1. The third-order valence-electron chi connectivity index (χ3n) is 3.65. The van der Waals surface area contributed by atoms with Crippen molar-refractivity contribution in [2.24, 2.45) is 0 Å². The fourth-order valence-electron chi connectivity index (χ4n) is 2.45. The quantitative estimate of drug-likeness (QED) is 0.753. The van der Waals surface area contributed by atoms with Crippen molar-refractivity contribution in [1.82, 2.24) is 19.6 Å². The van der Waals surface area contributed by atoms with Crippen LogP contribution >= 0.6 is 11.6 Å². The molecule has 120 valence electrons. The molecule has 2 N–H and O–H groups in total. The first-order valence-corrected chi connectivity index (χ1v) is 7.92. The molecule has 0 atom stereocenters. The molecule has 0 spiro atoms. The Morgan fingerprint density at radius 1 is 1.35 bits per heavy atom. The Hall–Kier alpha value is -2.34. The maximum atomic E-state index is 12.1. The number of hydrogen-bond donors (Lipinski definition) is 2. The zero-order valence-electron chi connectivity index (χ0n) is 13.1. The molecule has 7 heteroatoms. The number of anilines is 1. The molecule has 23 heavy (non-hydrogen) atoms. The third-order valence-corrected chi connectivity index (χ3v) is 3.88. The molecule has 0 unspecified atom stereocenters. The number of aryl methyl sites for hydroxylation is 2. The SMILES string of the molecule is CCCc1cc(=O)n2nc(NCc3ccc(Cl)cc3C)nc2[nH]1. The Labute approximate surface area is 138 Å². The van der Waals surface area contributed by atoms with E-state index in [1.165, 1.54) is 4.52 Å². The number of benzene rings is 1. The van der Waals surface area contributed by atoms with Crippen LogP contribution in [-0.2, 0) is 13.0 Å². The van der Waals surface area contributed by atoms with E-state index in [-0.39, 0.29) is 5.56 Å². The Balaban J connectivity index is 1.83. The lowest BCUT2D eigenvalue weighted by molar-refractivity contribution is 0.837. The average molecular weight is 332 g/mol. The van der Waals surface area contributed by atoms with Crippen LogP contribution in [0, 0.1) is 6.92 Å². The highest BCUT2D eigenvalue weighted by molar-refractivity contribution is 6.30. The van der Waals surface area contributed by atoms with Gasteiger partial charge in [-0.15, -0.1) is 5.10 Å². The molecule has 0 saturated carbocycles. The molecular formula is C16H18ClN5O. The second-order valence-corrected chi connectivity index (χ2v) is 5.91. The van der Waals surface area contributed by atoms with Crippen molar-refractivity contribution in [2.45, 2.75) is 33.2 Å². The van der Waals surface area contributed by atoms with Gasteiger partial charge in [0.1, 0.15) is 0 Å². The van der Waals surface area contributed by atoms with Crippen molar-refractivity contribution in [3.05, 3.63) is 56.5 Å². The Bertz CT molecular complexity index is 899. The van der Waals surface area contributed by atoms with Crippen molar-refractivity contribution in [1.29, 1.82) is 0 Å². The van der Waals surface area contributed by atoms with Gasteiger partial charge in [-0.2, -0.15) is 9.50 Å². The van der Waals surface area contributed by atoms with E-state index < -0.39 is 0 Å². The number of fused-ring (bicyclic) bond motifs is 1. The first kappa shape index (κ1) is 15.6. The first-order chi connectivity index (χ1) is 11.1. The van der Waals surface area contributed by atoms with Gasteiger partial charge in [0.2, 0.25) is 11.7 Å². The number of hydrogen-bond acceptors (Lipinski definition) is 4. The van der Waals surface area contributed by atoms with E-state index in [2.05, 4.69) is 27.3 Å². The largest absolute Gasteiger partial charge is 0.349 e. The highest BCUT2D eigenvalue weighted by atomic mass is 35.5.